The minimum Gasteiger partial charge on any atom is -0.460 e. The third kappa shape index (κ3) is 5.68. The Kier molecular flexibility index (Phi) is 7.94. The van der Waals surface area contributed by atoms with E-state index in [-0.39, 0.29) is 18.8 Å². The van der Waals surface area contributed by atoms with Crippen LogP contribution in [0.4, 0.5) is 0 Å². The van der Waals surface area contributed by atoms with Crippen molar-refractivity contribution in [1.82, 2.24) is 14.6 Å². The Hall–Kier alpha value is -4.05. The Labute approximate surface area is 240 Å². The zero-order valence-corrected chi connectivity index (χ0v) is 23.6. The average Bonchev–Trinajstić information content (AvgIpc) is 3.61. The molecule has 14 heteroatoms. The fraction of sp³-hybridized carbons (Fsp3) is 0.357. The number of ether oxygens (including phenoxy) is 2. The molecule has 220 valence electrons. The second-order valence-corrected chi connectivity index (χ2v) is 12.0. The maximum atomic E-state index is 14.1. The topological polar surface area (TPSA) is 182 Å². The van der Waals surface area contributed by atoms with E-state index in [4.69, 9.17) is 18.5 Å². The lowest BCUT2D eigenvalue weighted by molar-refractivity contribution is -0.146. The first kappa shape index (κ1) is 29.4. The van der Waals surface area contributed by atoms with Crippen molar-refractivity contribution in [3.63, 3.8) is 0 Å². The van der Waals surface area contributed by atoms with Crippen LogP contribution >= 0.6 is 7.75 Å². The zero-order chi connectivity index (χ0) is 30.1. The van der Waals surface area contributed by atoms with Gasteiger partial charge >= 0.3 is 19.4 Å². The van der Waals surface area contributed by atoms with E-state index >= 15 is 0 Å². The lowest BCUT2D eigenvalue weighted by Crippen LogP contribution is -2.41. The summed E-state index contributed by atoms with van der Waals surface area (Å²) in [6, 6.07) is 19.1. The molecule has 1 saturated carbocycles. The summed E-state index contributed by atoms with van der Waals surface area (Å²) < 4.78 is 38.1. The summed E-state index contributed by atoms with van der Waals surface area (Å²) in [5.74, 6) is -0.531. The van der Waals surface area contributed by atoms with Crippen molar-refractivity contribution in [2.24, 2.45) is 5.41 Å². The van der Waals surface area contributed by atoms with E-state index in [0.29, 0.717) is 0 Å². The van der Waals surface area contributed by atoms with Crippen LogP contribution in [0.25, 0.3) is 0 Å². The Balaban J connectivity index is 1.36. The van der Waals surface area contributed by atoms with Crippen LogP contribution in [-0.2, 0) is 30.0 Å². The first-order valence-corrected chi connectivity index (χ1v) is 14.6. The summed E-state index contributed by atoms with van der Waals surface area (Å²) in [6.07, 6.45) is -2.68. The number of rotatable bonds is 10. The number of nitriles is 1. The molecule has 1 aliphatic heterocycles. The van der Waals surface area contributed by atoms with Crippen LogP contribution in [-0.4, -0.2) is 44.5 Å². The van der Waals surface area contributed by atoms with Crippen molar-refractivity contribution in [3.05, 3.63) is 99.3 Å². The van der Waals surface area contributed by atoms with Crippen molar-refractivity contribution >= 4 is 13.7 Å². The van der Waals surface area contributed by atoms with E-state index < -0.39 is 60.5 Å². The summed E-state index contributed by atoms with van der Waals surface area (Å²) in [5.41, 5.74) is -3.88. The van der Waals surface area contributed by atoms with E-state index in [9.17, 15) is 29.3 Å². The summed E-state index contributed by atoms with van der Waals surface area (Å²) in [7, 11) is -4.34. The van der Waals surface area contributed by atoms with Crippen LogP contribution in [0.3, 0.4) is 0 Å². The lowest BCUT2D eigenvalue weighted by Gasteiger charge is -2.26. The molecule has 3 N–H and O–H groups in total. The predicted molar refractivity (Wildman–Crippen MR) is 147 cm³/mol. The van der Waals surface area contributed by atoms with Gasteiger partial charge in [0.1, 0.15) is 41.6 Å². The first-order chi connectivity index (χ1) is 20.0. The van der Waals surface area contributed by atoms with E-state index in [1.165, 1.54) is 20.0 Å². The number of hydrogen-bond donors (Lipinski definition) is 3. The second kappa shape index (κ2) is 11.3. The number of aliphatic hydroxyl groups excluding tert-OH is 1. The number of carbonyl (C=O) groups is 1. The summed E-state index contributed by atoms with van der Waals surface area (Å²) in [6.45, 7) is 2.85. The largest absolute Gasteiger partial charge is 0.460 e. The molecule has 1 saturated heterocycles. The van der Waals surface area contributed by atoms with Crippen molar-refractivity contribution in [2.45, 2.75) is 57.0 Å². The van der Waals surface area contributed by atoms with Gasteiger partial charge in [0.25, 0.3) is 5.56 Å². The first-order valence-electron chi connectivity index (χ1n) is 13.1. The summed E-state index contributed by atoms with van der Waals surface area (Å²) in [5, 5.41) is 23.9. The van der Waals surface area contributed by atoms with Gasteiger partial charge in [0, 0.05) is 18.7 Å². The highest BCUT2D eigenvalue weighted by atomic mass is 31.2. The summed E-state index contributed by atoms with van der Waals surface area (Å²) in [4.78, 5) is 38.9. The molecule has 2 unspecified atom stereocenters. The molecule has 1 spiro atoms. The molecule has 7 atom stereocenters. The zero-order valence-electron chi connectivity index (χ0n) is 22.7. The Morgan fingerprint density at radius 1 is 1.21 bits per heavy atom. The third-order valence-electron chi connectivity index (χ3n) is 7.27. The van der Waals surface area contributed by atoms with Gasteiger partial charge in [-0.3, -0.25) is 23.7 Å². The van der Waals surface area contributed by atoms with Crippen LogP contribution < -0.4 is 20.9 Å². The van der Waals surface area contributed by atoms with Gasteiger partial charge in [0.05, 0.1) is 6.07 Å². The standard InChI is InChI=1S/C28H29N4O9P/c1-18(23(34)38-16-19-9-5-3-6-10-19)31-42(37,40-20-11-7-4-8-12-20)41-21-15-28(21)24(35)27(2,17-29)25(39-28)32-14-13-22(33)30-26(32)36/h3-14,18,21,24-25,35H,15-16H2,1-2H3,(H,31,37)(H,30,33,36)/t18-,21+,24-,25+,27+,28?,42?/m0/s1. The molecular weight excluding hydrogens is 567 g/mol. The Morgan fingerprint density at radius 3 is 2.52 bits per heavy atom. The molecule has 13 nitrogen and oxygen atoms in total. The highest BCUT2D eigenvalue weighted by Crippen LogP contribution is 2.64. The number of nitrogens with zero attached hydrogens (tertiary/aromatic N) is 2. The number of aliphatic hydroxyl groups is 1. The minimum absolute atomic E-state index is 0.000411. The number of aromatic nitrogens is 2. The Morgan fingerprint density at radius 2 is 1.88 bits per heavy atom. The fourth-order valence-electron chi connectivity index (χ4n) is 4.89. The number of carbonyl (C=O) groups excluding carboxylic acids is 1. The predicted octanol–water partition coefficient (Wildman–Crippen LogP) is 2.39. The molecule has 3 aromatic rings. The highest BCUT2D eigenvalue weighted by molar-refractivity contribution is 7.52. The number of benzene rings is 2. The molecule has 0 amide bonds. The van der Waals surface area contributed by atoms with Crippen LogP contribution in [0.1, 0.15) is 32.1 Å². The molecule has 42 heavy (non-hydrogen) atoms. The molecule has 5 rings (SSSR count). The normalized spacial score (nSPS) is 28.4. The van der Waals surface area contributed by atoms with E-state index in [0.717, 1.165) is 16.2 Å². The number of H-pyrrole nitrogens is 1. The molecule has 2 aliphatic rings. The van der Waals surface area contributed by atoms with Gasteiger partial charge in [0.15, 0.2) is 6.23 Å². The SMILES string of the molecule is C[C@H](NP(=O)(Oc1ccccc1)O[C@@H]1CC12O[C@@H](n1ccc(=O)[nH]c1=O)[C@](C)(C#N)[C@@H]2O)C(=O)OCc1ccccc1. The second-order valence-electron chi connectivity index (χ2n) is 10.4. The van der Waals surface area contributed by atoms with Crippen LogP contribution in [0.5, 0.6) is 5.75 Å². The van der Waals surface area contributed by atoms with Gasteiger partial charge in [-0.2, -0.15) is 10.3 Å². The molecular formula is C28H29N4O9P. The van der Waals surface area contributed by atoms with Gasteiger partial charge in [-0.1, -0.05) is 48.5 Å². The fourth-order valence-corrected chi connectivity index (χ4v) is 6.61. The minimum atomic E-state index is -4.34. The smallest absolute Gasteiger partial charge is 0.459 e. The van der Waals surface area contributed by atoms with Gasteiger partial charge in [-0.05, 0) is 31.5 Å². The number of nitrogens with one attached hydrogen (secondary N) is 2. The molecule has 2 fully saturated rings. The number of aromatic amines is 1. The third-order valence-corrected chi connectivity index (χ3v) is 8.96. The van der Waals surface area contributed by atoms with Gasteiger partial charge in [0.2, 0.25) is 0 Å². The van der Waals surface area contributed by atoms with Crippen molar-refractivity contribution < 1.29 is 33.0 Å². The molecule has 2 heterocycles. The molecule has 0 radical (unpaired) electrons. The molecule has 1 aromatic heterocycles. The monoisotopic (exact) mass is 596 g/mol. The van der Waals surface area contributed by atoms with Crippen LogP contribution in [0.2, 0.25) is 0 Å². The summed E-state index contributed by atoms with van der Waals surface area (Å²) >= 11 is 0. The number of esters is 1. The van der Waals surface area contributed by atoms with E-state index in [1.807, 2.05) is 12.1 Å². The Bertz CT molecular complexity index is 1660. The van der Waals surface area contributed by atoms with E-state index in [2.05, 4.69) is 10.1 Å². The highest BCUT2D eigenvalue weighted by Gasteiger charge is 2.75. The molecule has 2 aromatic carbocycles. The van der Waals surface area contributed by atoms with Gasteiger partial charge < -0.3 is 19.1 Å². The molecule has 1 aliphatic carbocycles. The maximum absolute atomic E-state index is 14.1. The number of para-hydroxylation sites is 1. The van der Waals surface area contributed by atoms with Crippen molar-refractivity contribution in [1.29, 1.82) is 5.26 Å². The van der Waals surface area contributed by atoms with Gasteiger partial charge in [-0.15, -0.1) is 0 Å². The van der Waals surface area contributed by atoms with Crippen molar-refractivity contribution in [2.75, 3.05) is 0 Å². The quantitative estimate of drug-likeness (QED) is 0.231. The average molecular weight is 597 g/mol. The maximum Gasteiger partial charge on any atom is 0.459 e. The number of hydrogen-bond acceptors (Lipinski definition) is 10. The van der Waals surface area contributed by atoms with Crippen LogP contribution in [0, 0.1) is 16.7 Å². The molecule has 0 bridgehead atoms. The van der Waals surface area contributed by atoms with Gasteiger partial charge in [-0.25, -0.2) is 9.36 Å². The van der Waals surface area contributed by atoms with Crippen molar-refractivity contribution in [3.8, 4) is 11.8 Å². The lowest BCUT2D eigenvalue weighted by atomic mass is 9.83. The van der Waals surface area contributed by atoms with Crippen LogP contribution in [0.15, 0.2) is 82.5 Å². The van der Waals surface area contributed by atoms with E-state index in [1.54, 1.807) is 54.6 Å².